The van der Waals surface area contributed by atoms with E-state index in [0.29, 0.717) is 12.3 Å². The number of nitrogens with zero attached hydrogens (tertiary/aromatic N) is 5. The number of guanidine groups is 1. The summed E-state index contributed by atoms with van der Waals surface area (Å²) in [5.74, 6) is 2.24. The van der Waals surface area contributed by atoms with Crippen molar-refractivity contribution in [2.75, 3.05) is 37.6 Å². The van der Waals surface area contributed by atoms with Gasteiger partial charge in [0, 0.05) is 50.7 Å². The third-order valence-electron chi connectivity index (χ3n) is 4.92. The summed E-state index contributed by atoms with van der Waals surface area (Å²) < 4.78 is 4.40. The minimum Gasteiger partial charge on any atom is -0.507 e. The first-order valence-corrected chi connectivity index (χ1v) is 10.7. The van der Waals surface area contributed by atoms with E-state index in [4.69, 9.17) is 4.99 Å². The molecule has 0 bridgehead atoms. The van der Waals surface area contributed by atoms with Crippen LogP contribution in [0, 0.1) is 13.8 Å². The fraction of sp³-hybridized carbons (Fsp3) is 0.550. The maximum atomic E-state index is 9.96. The molecule has 1 aromatic carbocycles. The average molecular weight is 403 g/mol. The number of hydrogen-bond donors (Lipinski definition) is 2. The van der Waals surface area contributed by atoms with Crippen molar-refractivity contribution < 1.29 is 5.11 Å². The summed E-state index contributed by atoms with van der Waals surface area (Å²) in [7, 11) is 0. The molecule has 152 valence electrons. The second-order valence-corrected chi connectivity index (χ2v) is 7.80. The minimum atomic E-state index is 0.374. The van der Waals surface area contributed by atoms with Crippen molar-refractivity contribution in [3.63, 3.8) is 0 Å². The molecule has 1 aromatic heterocycles. The van der Waals surface area contributed by atoms with Crippen molar-refractivity contribution in [1.82, 2.24) is 19.6 Å². The maximum absolute atomic E-state index is 9.96. The van der Waals surface area contributed by atoms with Gasteiger partial charge in [0.15, 0.2) is 5.96 Å². The van der Waals surface area contributed by atoms with Crippen LogP contribution in [0.2, 0.25) is 0 Å². The van der Waals surface area contributed by atoms with E-state index in [0.717, 1.165) is 72.8 Å². The Labute approximate surface area is 171 Å². The number of aromatic hydroxyl groups is 1. The van der Waals surface area contributed by atoms with Crippen LogP contribution in [-0.2, 0) is 13.0 Å². The Kier molecular flexibility index (Phi) is 6.72. The van der Waals surface area contributed by atoms with Crippen LogP contribution in [0.1, 0.15) is 36.4 Å². The summed E-state index contributed by atoms with van der Waals surface area (Å²) in [6.07, 6.45) is 0.879. The van der Waals surface area contributed by atoms with Crippen molar-refractivity contribution in [1.29, 1.82) is 0 Å². The van der Waals surface area contributed by atoms with Gasteiger partial charge in [-0.3, -0.25) is 0 Å². The van der Waals surface area contributed by atoms with Crippen molar-refractivity contribution in [2.24, 2.45) is 4.99 Å². The van der Waals surface area contributed by atoms with Crippen molar-refractivity contribution in [3.05, 3.63) is 34.6 Å². The fourth-order valence-electron chi connectivity index (χ4n) is 3.36. The number of phenols is 1. The van der Waals surface area contributed by atoms with Crippen LogP contribution in [0.4, 0.5) is 5.13 Å². The van der Waals surface area contributed by atoms with Gasteiger partial charge in [-0.25, -0.2) is 9.98 Å². The number of aryl methyl sites for hydroxylation is 3. The summed E-state index contributed by atoms with van der Waals surface area (Å²) in [4.78, 5) is 14.1. The van der Waals surface area contributed by atoms with Gasteiger partial charge in [-0.05, 0) is 37.5 Å². The lowest BCUT2D eigenvalue weighted by Crippen LogP contribution is -2.52. The Balaban J connectivity index is 1.65. The molecule has 3 rings (SSSR count). The van der Waals surface area contributed by atoms with E-state index in [2.05, 4.69) is 38.3 Å². The fourth-order valence-corrected chi connectivity index (χ4v) is 4.16. The highest BCUT2D eigenvalue weighted by Crippen LogP contribution is 2.23. The molecule has 2 N–H and O–H groups in total. The number of aromatic nitrogens is 2. The molecule has 0 radical (unpaired) electrons. The molecule has 1 aliphatic heterocycles. The van der Waals surface area contributed by atoms with Gasteiger partial charge in [-0.15, -0.1) is 0 Å². The molecule has 0 unspecified atom stereocenters. The first-order valence-electron chi connectivity index (χ1n) is 9.91. The van der Waals surface area contributed by atoms with Gasteiger partial charge >= 0.3 is 0 Å². The molecular weight excluding hydrogens is 372 g/mol. The van der Waals surface area contributed by atoms with E-state index in [1.807, 2.05) is 26.0 Å². The highest BCUT2D eigenvalue weighted by molar-refractivity contribution is 7.09. The maximum Gasteiger partial charge on any atom is 0.205 e. The highest BCUT2D eigenvalue weighted by atomic mass is 32.1. The molecule has 2 aromatic rings. The van der Waals surface area contributed by atoms with E-state index in [-0.39, 0.29) is 0 Å². The molecule has 0 saturated carbocycles. The number of phenolic OH excluding ortho intramolecular Hbond substituents is 1. The van der Waals surface area contributed by atoms with E-state index in [1.54, 1.807) is 0 Å². The summed E-state index contributed by atoms with van der Waals surface area (Å²) in [6.45, 7) is 13.1. The van der Waals surface area contributed by atoms with Gasteiger partial charge < -0.3 is 20.2 Å². The standard InChI is InChI=1S/C20H30N6OS/c1-5-17-23-20(28-24-17)26-9-7-25(8-10-26)19(21-6-2)22-13-16-11-14(3)18(27)15(4)12-16/h11-12,27H,5-10,13H2,1-4H3,(H,21,22). The molecule has 0 aliphatic carbocycles. The zero-order valence-electron chi connectivity index (χ0n) is 17.2. The minimum absolute atomic E-state index is 0.374. The molecular formula is C20H30N6OS. The number of rotatable bonds is 5. The number of anilines is 1. The van der Waals surface area contributed by atoms with Gasteiger partial charge in [0.05, 0.1) is 6.54 Å². The number of aliphatic imine (C=N–C) groups is 1. The lowest BCUT2D eigenvalue weighted by Gasteiger charge is -2.36. The quantitative estimate of drug-likeness (QED) is 0.592. The number of piperazine rings is 1. The zero-order chi connectivity index (χ0) is 20.1. The summed E-state index contributed by atoms with van der Waals surface area (Å²) in [5, 5.41) is 14.4. The zero-order valence-corrected chi connectivity index (χ0v) is 18.0. The van der Waals surface area contributed by atoms with Crippen LogP contribution < -0.4 is 10.2 Å². The number of nitrogens with one attached hydrogen (secondary N) is 1. The Morgan fingerprint density at radius 2 is 1.86 bits per heavy atom. The van der Waals surface area contributed by atoms with Gasteiger partial charge in [-0.2, -0.15) is 4.37 Å². The second kappa shape index (κ2) is 9.23. The van der Waals surface area contributed by atoms with Gasteiger partial charge in [0.25, 0.3) is 0 Å². The molecule has 2 heterocycles. The second-order valence-electron chi connectivity index (χ2n) is 7.07. The molecule has 7 nitrogen and oxygen atoms in total. The average Bonchev–Trinajstić information content (AvgIpc) is 3.18. The lowest BCUT2D eigenvalue weighted by atomic mass is 10.1. The lowest BCUT2D eigenvalue weighted by molar-refractivity contribution is 0.372. The first kappa shape index (κ1) is 20.4. The van der Waals surface area contributed by atoms with Crippen molar-refractivity contribution >= 4 is 22.6 Å². The van der Waals surface area contributed by atoms with Crippen molar-refractivity contribution in [3.8, 4) is 5.75 Å². The largest absolute Gasteiger partial charge is 0.507 e. The van der Waals surface area contributed by atoms with E-state index < -0.39 is 0 Å². The van der Waals surface area contributed by atoms with Crippen LogP contribution >= 0.6 is 11.5 Å². The third-order valence-corrected chi connectivity index (χ3v) is 5.74. The summed E-state index contributed by atoms with van der Waals surface area (Å²) in [6, 6.07) is 4.02. The summed E-state index contributed by atoms with van der Waals surface area (Å²) >= 11 is 1.49. The number of hydrogen-bond acceptors (Lipinski definition) is 6. The van der Waals surface area contributed by atoms with Crippen LogP contribution in [0.15, 0.2) is 17.1 Å². The van der Waals surface area contributed by atoms with E-state index >= 15 is 0 Å². The summed E-state index contributed by atoms with van der Waals surface area (Å²) in [5.41, 5.74) is 2.91. The van der Waals surface area contributed by atoms with Gasteiger partial charge in [0.2, 0.25) is 5.13 Å². The normalized spacial score (nSPS) is 15.2. The van der Waals surface area contributed by atoms with Gasteiger partial charge in [-0.1, -0.05) is 19.1 Å². The van der Waals surface area contributed by atoms with E-state index in [1.165, 1.54) is 11.5 Å². The molecule has 0 atom stereocenters. The molecule has 0 amide bonds. The van der Waals surface area contributed by atoms with Crippen LogP contribution in [0.3, 0.4) is 0 Å². The van der Waals surface area contributed by atoms with Crippen molar-refractivity contribution in [2.45, 2.75) is 40.7 Å². The molecule has 1 aliphatic rings. The van der Waals surface area contributed by atoms with Crippen LogP contribution in [-0.4, -0.2) is 58.0 Å². The first-order chi connectivity index (χ1) is 13.5. The van der Waals surface area contributed by atoms with E-state index in [9.17, 15) is 5.11 Å². The molecule has 1 fully saturated rings. The topological polar surface area (TPSA) is 76.9 Å². The number of benzene rings is 1. The van der Waals surface area contributed by atoms with Crippen LogP contribution in [0.25, 0.3) is 0 Å². The molecule has 28 heavy (non-hydrogen) atoms. The molecule has 8 heteroatoms. The molecule has 1 saturated heterocycles. The predicted octanol–water partition coefficient (Wildman–Crippen LogP) is 2.71. The Bertz CT molecular complexity index is 803. The monoisotopic (exact) mass is 402 g/mol. The van der Waals surface area contributed by atoms with Gasteiger partial charge in [0.1, 0.15) is 11.6 Å². The Morgan fingerprint density at radius 3 is 2.43 bits per heavy atom. The van der Waals surface area contributed by atoms with Crippen LogP contribution in [0.5, 0.6) is 5.75 Å². The Morgan fingerprint density at radius 1 is 1.18 bits per heavy atom. The predicted molar refractivity (Wildman–Crippen MR) is 115 cm³/mol. The smallest absolute Gasteiger partial charge is 0.205 e. The SMILES string of the molecule is CCNC(=NCc1cc(C)c(O)c(C)c1)N1CCN(c2nc(CC)ns2)CC1. The third kappa shape index (κ3) is 4.73. The highest BCUT2D eigenvalue weighted by Gasteiger charge is 2.22. The Hall–Kier alpha value is -2.35. The molecule has 0 spiro atoms.